The van der Waals surface area contributed by atoms with E-state index in [1.54, 1.807) is 6.07 Å². The minimum Gasteiger partial charge on any atom is -0.484 e. The molecule has 0 aliphatic heterocycles. The van der Waals surface area contributed by atoms with Crippen molar-refractivity contribution < 1.29 is 19.6 Å². The van der Waals surface area contributed by atoms with Crippen LogP contribution in [0.1, 0.15) is 25.3 Å². The Balaban J connectivity index is 2.19. The lowest BCUT2D eigenvalue weighted by Crippen LogP contribution is -2.54. The van der Waals surface area contributed by atoms with Gasteiger partial charge in [-0.05, 0) is 36.8 Å². The lowest BCUT2D eigenvalue weighted by molar-refractivity contribution is -0.386. The summed E-state index contributed by atoms with van der Waals surface area (Å²) in [5.74, 6) is -1.23. The summed E-state index contributed by atoms with van der Waals surface area (Å²) in [5, 5.41) is 20.3. The van der Waals surface area contributed by atoms with Gasteiger partial charge in [0.05, 0.1) is 4.92 Å². The van der Waals surface area contributed by atoms with E-state index in [2.05, 4.69) is 0 Å². The van der Waals surface area contributed by atoms with Gasteiger partial charge in [0.1, 0.15) is 6.61 Å². The molecule has 2 rings (SSSR count). The van der Waals surface area contributed by atoms with Crippen LogP contribution in [-0.2, 0) is 11.2 Å². The third-order valence-electron chi connectivity index (χ3n) is 3.80. The monoisotopic (exact) mass is 294 g/mol. The van der Waals surface area contributed by atoms with E-state index in [9.17, 15) is 20.0 Å². The average molecular weight is 294 g/mol. The first-order chi connectivity index (χ1) is 9.88. The number of benzene rings is 1. The Morgan fingerprint density at radius 1 is 1.57 bits per heavy atom. The molecule has 0 aromatic heterocycles. The van der Waals surface area contributed by atoms with Crippen molar-refractivity contribution in [2.24, 2.45) is 11.7 Å². The van der Waals surface area contributed by atoms with E-state index in [1.165, 1.54) is 12.1 Å². The average Bonchev–Trinajstić information content (AvgIpc) is 3.29. The van der Waals surface area contributed by atoms with Gasteiger partial charge in [-0.15, -0.1) is 0 Å². The molecule has 1 aromatic carbocycles. The van der Waals surface area contributed by atoms with E-state index < -0.39 is 16.4 Å². The highest BCUT2D eigenvalue weighted by Gasteiger charge is 2.49. The second-order valence-corrected chi connectivity index (χ2v) is 5.32. The molecule has 0 radical (unpaired) electrons. The standard InChI is InChI=1S/C14H18N2O5/c1-2-9-3-6-12(11(7-9)16(19)20)21-8-14(15,13(17)18)10-4-5-10/h3,6-7,10H,2,4-5,8,15H2,1H3,(H,17,18). The van der Waals surface area contributed by atoms with Gasteiger partial charge in [0, 0.05) is 6.07 Å². The maximum absolute atomic E-state index is 11.3. The van der Waals surface area contributed by atoms with Crippen molar-refractivity contribution >= 4 is 11.7 Å². The lowest BCUT2D eigenvalue weighted by Gasteiger charge is -2.24. The van der Waals surface area contributed by atoms with Gasteiger partial charge in [0.25, 0.3) is 0 Å². The van der Waals surface area contributed by atoms with Gasteiger partial charge in [-0.25, -0.2) is 0 Å². The van der Waals surface area contributed by atoms with Crippen LogP contribution in [0.15, 0.2) is 18.2 Å². The second kappa shape index (κ2) is 5.69. The first kappa shape index (κ1) is 15.2. The lowest BCUT2D eigenvalue weighted by atomic mass is 9.96. The van der Waals surface area contributed by atoms with Crippen molar-refractivity contribution in [3.8, 4) is 5.75 Å². The Hall–Kier alpha value is -2.15. The van der Waals surface area contributed by atoms with E-state index >= 15 is 0 Å². The summed E-state index contributed by atoms with van der Waals surface area (Å²) >= 11 is 0. The number of aryl methyl sites for hydroxylation is 1. The van der Waals surface area contributed by atoms with Crippen LogP contribution < -0.4 is 10.5 Å². The van der Waals surface area contributed by atoms with E-state index in [1.807, 2.05) is 6.92 Å². The quantitative estimate of drug-likeness (QED) is 0.584. The molecule has 0 saturated heterocycles. The summed E-state index contributed by atoms with van der Waals surface area (Å²) in [6, 6.07) is 4.65. The van der Waals surface area contributed by atoms with Crippen molar-refractivity contribution in [1.29, 1.82) is 0 Å². The zero-order valence-corrected chi connectivity index (χ0v) is 11.7. The highest BCUT2D eigenvalue weighted by Crippen LogP contribution is 2.39. The van der Waals surface area contributed by atoms with E-state index in [-0.39, 0.29) is 24.0 Å². The molecule has 0 heterocycles. The Kier molecular flexibility index (Phi) is 4.13. The smallest absolute Gasteiger partial charge is 0.327 e. The third kappa shape index (κ3) is 3.13. The Labute approximate surface area is 121 Å². The number of hydrogen-bond acceptors (Lipinski definition) is 5. The number of carboxylic acids is 1. The molecule has 1 aliphatic carbocycles. The number of nitrogens with two attached hydrogens (primary N) is 1. The first-order valence-corrected chi connectivity index (χ1v) is 6.81. The molecular weight excluding hydrogens is 276 g/mol. The van der Waals surface area contributed by atoms with Crippen molar-refractivity contribution in [1.82, 2.24) is 0 Å². The number of nitrogens with zero attached hydrogens (tertiary/aromatic N) is 1. The summed E-state index contributed by atoms with van der Waals surface area (Å²) in [7, 11) is 0. The fourth-order valence-corrected chi connectivity index (χ4v) is 2.20. The molecule has 0 spiro atoms. The van der Waals surface area contributed by atoms with E-state index in [0.29, 0.717) is 6.42 Å². The zero-order chi connectivity index (χ0) is 15.6. The fourth-order valence-electron chi connectivity index (χ4n) is 2.20. The minimum absolute atomic E-state index is 0.0499. The topological polar surface area (TPSA) is 116 Å². The van der Waals surface area contributed by atoms with E-state index in [0.717, 1.165) is 18.4 Å². The molecule has 1 unspecified atom stereocenters. The van der Waals surface area contributed by atoms with Crippen LogP contribution in [0.2, 0.25) is 0 Å². The van der Waals surface area contributed by atoms with Gasteiger partial charge in [0.15, 0.2) is 11.3 Å². The summed E-state index contributed by atoms with van der Waals surface area (Å²) < 4.78 is 5.38. The molecule has 1 aliphatic rings. The predicted molar refractivity (Wildman–Crippen MR) is 75.2 cm³/mol. The van der Waals surface area contributed by atoms with Crippen molar-refractivity contribution in [2.45, 2.75) is 31.7 Å². The van der Waals surface area contributed by atoms with Crippen LogP contribution in [-0.4, -0.2) is 28.1 Å². The summed E-state index contributed by atoms with van der Waals surface area (Å²) in [5.41, 5.74) is 5.04. The van der Waals surface area contributed by atoms with Crippen LogP contribution in [0.25, 0.3) is 0 Å². The van der Waals surface area contributed by atoms with Crippen molar-refractivity contribution in [3.05, 3.63) is 33.9 Å². The van der Waals surface area contributed by atoms with Gasteiger partial charge in [-0.1, -0.05) is 13.0 Å². The second-order valence-electron chi connectivity index (χ2n) is 5.32. The van der Waals surface area contributed by atoms with Gasteiger partial charge in [-0.2, -0.15) is 0 Å². The molecule has 21 heavy (non-hydrogen) atoms. The molecule has 0 bridgehead atoms. The van der Waals surface area contributed by atoms with Gasteiger partial charge in [-0.3, -0.25) is 14.9 Å². The molecule has 7 nitrogen and oxygen atoms in total. The van der Waals surface area contributed by atoms with Crippen LogP contribution in [0, 0.1) is 16.0 Å². The van der Waals surface area contributed by atoms with Crippen LogP contribution in [0.5, 0.6) is 5.75 Å². The fraction of sp³-hybridized carbons (Fsp3) is 0.500. The Morgan fingerprint density at radius 3 is 2.71 bits per heavy atom. The SMILES string of the molecule is CCc1ccc(OCC(N)(C(=O)O)C2CC2)c([N+](=O)[O-])c1. The van der Waals surface area contributed by atoms with Crippen LogP contribution in [0.4, 0.5) is 5.69 Å². The largest absolute Gasteiger partial charge is 0.484 e. The number of nitro benzene ring substituents is 1. The zero-order valence-electron chi connectivity index (χ0n) is 11.7. The summed E-state index contributed by atoms with van der Waals surface area (Å²) in [6.07, 6.45) is 2.14. The first-order valence-electron chi connectivity index (χ1n) is 6.81. The molecule has 7 heteroatoms. The molecule has 1 atom stereocenters. The van der Waals surface area contributed by atoms with Crippen LogP contribution >= 0.6 is 0 Å². The highest BCUT2D eigenvalue weighted by molar-refractivity contribution is 5.79. The Morgan fingerprint density at radius 2 is 2.24 bits per heavy atom. The number of nitro groups is 1. The predicted octanol–water partition coefficient (Wildman–Crippen LogP) is 1.73. The number of aliphatic carboxylic acids is 1. The van der Waals surface area contributed by atoms with Gasteiger partial charge in [0.2, 0.25) is 0 Å². The maximum Gasteiger partial charge on any atom is 0.327 e. The van der Waals surface area contributed by atoms with Crippen LogP contribution in [0.3, 0.4) is 0 Å². The highest BCUT2D eigenvalue weighted by atomic mass is 16.6. The Bertz CT molecular complexity index is 570. The third-order valence-corrected chi connectivity index (χ3v) is 3.80. The number of hydrogen-bond donors (Lipinski definition) is 2. The summed E-state index contributed by atoms with van der Waals surface area (Å²) in [4.78, 5) is 21.8. The van der Waals surface area contributed by atoms with Gasteiger partial charge < -0.3 is 15.6 Å². The van der Waals surface area contributed by atoms with E-state index in [4.69, 9.17) is 10.5 Å². The molecule has 1 aromatic rings. The molecule has 1 saturated carbocycles. The van der Waals surface area contributed by atoms with Crippen molar-refractivity contribution in [3.63, 3.8) is 0 Å². The number of rotatable bonds is 7. The number of carboxylic acid groups (broad SMARTS) is 1. The maximum atomic E-state index is 11.3. The molecule has 114 valence electrons. The normalized spacial score (nSPS) is 17.0. The molecule has 3 N–H and O–H groups in total. The molecular formula is C14H18N2O5. The molecule has 0 amide bonds. The molecule has 1 fully saturated rings. The summed E-state index contributed by atoms with van der Waals surface area (Å²) in [6.45, 7) is 1.61. The van der Waals surface area contributed by atoms with Gasteiger partial charge >= 0.3 is 11.7 Å². The minimum atomic E-state index is -1.49. The number of carbonyl (C=O) groups is 1. The number of ether oxygens (including phenoxy) is 1. The van der Waals surface area contributed by atoms with Crippen molar-refractivity contribution in [2.75, 3.05) is 6.61 Å².